The molecule has 0 spiro atoms. The molecule has 3 N–H and O–H groups in total. The lowest BCUT2D eigenvalue weighted by atomic mass is 10.0. The van der Waals surface area contributed by atoms with Gasteiger partial charge in [0, 0.05) is 10.9 Å². The molecule has 1 aromatic heterocycles. The van der Waals surface area contributed by atoms with Crippen molar-refractivity contribution in [1.82, 2.24) is 10.2 Å². The molecule has 3 aromatic rings. The maximum atomic E-state index is 11.9. The van der Waals surface area contributed by atoms with E-state index in [-0.39, 0.29) is 5.56 Å². The number of aromatic amines is 1. The third-order valence-electron chi connectivity index (χ3n) is 4.86. The van der Waals surface area contributed by atoms with Crippen LogP contribution in [0.5, 0.6) is 0 Å². The minimum absolute atomic E-state index is 0.222. The van der Waals surface area contributed by atoms with Crippen molar-refractivity contribution in [3.8, 4) is 11.3 Å². The predicted octanol–water partition coefficient (Wildman–Crippen LogP) is 1.95. The van der Waals surface area contributed by atoms with Gasteiger partial charge in [-0.2, -0.15) is 5.10 Å². The Bertz CT molecular complexity index is 1110. The summed E-state index contributed by atoms with van der Waals surface area (Å²) < 4.78 is 22.6. The molecule has 0 radical (unpaired) electrons. The third-order valence-corrected chi connectivity index (χ3v) is 6.62. The van der Waals surface area contributed by atoms with Gasteiger partial charge in [0.25, 0.3) is 5.56 Å². The zero-order chi connectivity index (χ0) is 17.7. The van der Waals surface area contributed by atoms with Crippen LogP contribution in [0.4, 0.5) is 0 Å². The molecule has 25 heavy (non-hydrogen) atoms. The van der Waals surface area contributed by atoms with Gasteiger partial charge in [0.1, 0.15) is 0 Å². The van der Waals surface area contributed by atoms with Gasteiger partial charge in [-0.25, -0.2) is 18.7 Å². The molecule has 7 heteroatoms. The van der Waals surface area contributed by atoms with Crippen molar-refractivity contribution in [3.63, 3.8) is 0 Å². The molecule has 1 aliphatic carbocycles. The summed E-state index contributed by atoms with van der Waals surface area (Å²) in [4.78, 5) is 11.9. The van der Waals surface area contributed by atoms with Gasteiger partial charge >= 0.3 is 0 Å². The lowest BCUT2D eigenvalue weighted by Gasteiger charge is -2.13. The molecule has 0 aliphatic heterocycles. The Morgan fingerprint density at radius 2 is 1.68 bits per heavy atom. The van der Waals surface area contributed by atoms with E-state index in [0.717, 1.165) is 16.5 Å². The summed E-state index contributed by atoms with van der Waals surface area (Å²) in [6.07, 6.45) is 1.64. The Labute approximate surface area is 144 Å². The van der Waals surface area contributed by atoms with Gasteiger partial charge in [-0.1, -0.05) is 42.5 Å². The van der Waals surface area contributed by atoms with Crippen LogP contribution in [0, 0.1) is 0 Å². The summed E-state index contributed by atoms with van der Waals surface area (Å²) >= 11 is 0. The summed E-state index contributed by atoms with van der Waals surface area (Å²) in [7, 11) is -3.54. The first-order valence-electron chi connectivity index (χ1n) is 7.99. The van der Waals surface area contributed by atoms with Crippen LogP contribution in [-0.4, -0.2) is 23.4 Å². The van der Waals surface area contributed by atoms with Crippen LogP contribution in [0.3, 0.4) is 0 Å². The van der Waals surface area contributed by atoms with Crippen molar-refractivity contribution < 1.29 is 8.42 Å². The topological polar surface area (TPSA) is 106 Å². The monoisotopic (exact) mass is 355 g/mol. The van der Waals surface area contributed by atoms with E-state index >= 15 is 0 Å². The average Bonchev–Trinajstić information content (AvgIpc) is 3.37. The predicted molar refractivity (Wildman–Crippen MR) is 96.6 cm³/mol. The van der Waals surface area contributed by atoms with Gasteiger partial charge in [-0.3, -0.25) is 4.79 Å². The van der Waals surface area contributed by atoms with Crippen molar-refractivity contribution in [2.45, 2.75) is 24.0 Å². The van der Waals surface area contributed by atoms with Crippen LogP contribution in [0.25, 0.3) is 22.0 Å². The summed E-state index contributed by atoms with van der Waals surface area (Å²) in [6, 6.07) is 14.9. The molecule has 4 rings (SSSR count). The molecular weight excluding hydrogens is 338 g/mol. The van der Waals surface area contributed by atoms with Crippen molar-refractivity contribution >= 4 is 20.8 Å². The second-order valence-corrected chi connectivity index (χ2v) is 8.50. The van der Waals surface area contributed by atoms with Crippen molar-refractivity contribution in [2.75, 3.05) is 0 Å². The minimum atomic E-state index is -3.54. The number of hydrogen-bond donors (Lipinski definition) is 2. The highest BCUT2D eigenvalue weighted by atomic mass is 32.2. The van der Waals surface area contributed by atoms with E-state index in [0.29, 0.717) is 30.3 Å². The lowest BCUT2D eigenvalue weighted by Crippen LogP contribution is -2.32. The zero-order valence-electron chi connectivity index (χ0n) is 13.4. The standard InChI is InChI=1S/C18H17N3O3S/c19-25(23,24)18(9-10-18)11-12-5-7-13(8-6-12)16-14-3-1-2-4-15(14)17(22)21-20-16/h1-8H,9-11H2,(H,21,22)(H2,19,23,24). The van der Waals surface area contributed by atoms with Crippen LogP contribution < -0.4 is 10.7 Å². The van der Waals surface area contributed by atoms with E-state index in [9.17, 15) is 13.2 Å². The van der Waals surface area contributed by atoms with Gasteiger partial charge in [0.2, 0.25) is 10.0 Å². The number of aromatic nitrogens is 2. The first-order valence-corrected chi connectivity index (χ1v) is 9.53. The second-order valence-electron chi connectivity index (χ2n) is 6.55. The summed E-state index contributed by atoms with van der Waals surface area (Å²) in [5.41, 5.74) is 2.25. The molecule has 1 heterocycles. The lowest BCUT2D eigenvalue weighted by molar-refractivity contribution is 0.577. The molecule has 2 aromatic carbocycles. The Kier molecular flexibility index (Phi) is 3.52. The van der Waals surface area contributed by atoms with Crippen LogP contribution in [-0.2, 0) is 16.4 Å². The van der Waals surface area contributed by atoms with Crippen LogP contribution >= 0.6 is 0 Å². The molecule has 6 nitrogen and oxygen atoms in total. The second kappa shape index (κ2) is 5.50. The number of nitrogens with two attached hydrogens (primary N) is 1. The SMILES string of the molecule is NS(=O)(=O)C1(Cc2ccc(-c3n[nH]c(=O)c4ccccc34)cc2)CC1. The van der Waals surface area contributed by atoms with Crippen LogP contribution in [0.2, 0.25) is 0 Å². The van der Waals surface area contributed by atoms with E-state index in [2.05, 4.69) is 10.2 Å². The zero-order valence-corrected chi connectivity index (χ0v) is 14.2. The van der Waals surface area contributed by atoms with E-state index in [1.807, 2.05) is 42.5 Å². The fourth-order valence-corrected chi connectivity index (χ4v) is 4.23. The number of fused-ring (bicyclic) bond motifs is 1. The summed E-state index contributed by atoms with van der Waals surface area (Å²) in [5.74, 6) is 0. The number of primary sulfonamides is 1. The molecule has 128 valence electrons. The molecule has 0 amide bonds. The smallest absolute Gasteiger partial charge is 0.267 e. The molecule has 0 atom stereocenters. The van der Waals surface area contributed by atoms with E-state index in [1.54, 1.807) is 6.07 Å². The highest BCUT2D eigenvalue weighted by Crippen LogP contribution is 2.44. The first-order chi connectivity index (χ1) is 11.9. The van der Waals surface area contributed by atoms with Gasteiger partial charge < -0.3 is 0 Å². The summed E-state index contributed by atoms with van der Waals surface area (Å²) in [6.45, 7) is 0. The Morgan fingerprint density at radius 3 is 2.28 bits per heavy atom. The molecule has 0 saturated heterocycles. The van der Waals surface area contributed by atoms with Crippen LogP contribution in [0.1, 0.15) is 18.4 Å². The van der Waals surface area contributed by atoms with E-state index < -0.39 is 14.8 Å². The quantitative estimate of drug-likeness (QED) is 0.746. The molecule has 0 bridgehead atoms. The van der Waals surface area contributed by atoms with Gasteiger partial charge in [0.05, 0.1) is 15.8 Å². The minimum Gasteiger partial charge on any atom is -0.267 e. The summed E-state index contributed by atoms with van der Waals surface area (Å²) in [5, 5.41) is 13.4. The molecule has 0 unspecified atom stereocenters. The van der Waals surface area contributed by atoms with Crippen LogP contribution in [0.15, 0.2) is 53.3 Å². The van der Waals surface area contributed by atoms with Crippen molar-refractivity contribution in [2.24, 2.45) is 5.14 Å². The largest absolute Gasteiger partial charge is 0.272 e. The highest BCUT2D eigenvalue weighted by molar-refractivity contribution is 7.90. The maximum Gasteiger partial charge on any atom is 0.272 e. The average molecular weight is 355 g/mol. The first kappa shape index (κ1) is 16.0. The Hall–Kier alpha value is -2.51. The number of benzene rings is 2. The maximum absolute atomic E-state index is 11.9. The van der Waals surface area contributed by atoms with E-state index in [4.69, 9.17) is 5.14 Å². The molecule has 1 saturated carbocycles. The van der Waals surface area contributed by atoms with Gasteiger partial charge in [-0.05, 0) is 30.9 Å². The van der Waals surface area contributed by atoms with E-state index in [1.165, 1.54) is 0 Å². The van der Waals surface area contributed by atoms with Gasteiger partial charge in [-0.15, -0.1) is 0 Å². The number of H-pyrrole nitrogens is 1. The number of hydrogen-bond acceptors (Lipinski definition) is 4. The number of sulfonamides is 1. The number of nitrogens with one attached hydrogen (secondary N) is 1. The Balaban J connectivity index is 1.70. The van der Waals surface area contributed by atoms with Crippen molar-refractivity contribution in [3.05, 3.63) is 64.4 Å². The van der Waals surface area contributed by atoms with Gasteiger partial charge in [0.15, 0.2) is 0 Å². The molecule has 1 aliphatic rings. The Morgan fingerprint density at radius 1 is 1.04 bits per heavy atom. The normalized spacial score (nSPS) is 16.0. The number of rotatable bonds is 4. The highest BCUT2D eigenvalue weighted by Gasteiger charge is 2.52. The fourth-order valence-electron chi connectivity index (χ4n) is 3.19. The van der Waals surface area contributed by atoms with Crippen molar-refractivity contribution in [1.29, 1.82) is 0 Å². The molecular formula is C18H17N3O3S. The molecule has 1 fully saturated rings. The third kappa shape index (κ3) is 2.75. The number of nitrogens with zero attached hydrogens (tertiary/aromatic N) is 1. The fraction of sp³-hybridized carbons (Fsp3) is 0.222.